The van der Waals surface area contributed by atoms with Crippen molar-refractivity contribution in [3.05, 3.63) is 0 Å². The highest BCUT2D eigenvalue weighted by Crippen LogP contribution is 2.10. The highest BCUT2D eigenvalue weighted by atomic mass is 16.7. The first kappa shape index (κ1) is 20.2. The molecule has 0 aromatic rings. The van der Waals surface area contributed by atoms with Crippen LogP contribution in [0.15, 0.2) is 0 Å². The molecule has 0 aliphatic heterocycles. The van der Waals surface area contributed by atoms with Crippen molar-refractivity contribution in [3.8, 4) is 0 Å². The van der Waals surface area contributed by atoms with Crippen LogP contribution in [0.25, 0.3) is 0 Å². The highest BCUT2D eigenvalue weighted by molar-refractivity contribution is 5.59. The number of likely N-dealkylation sites (N-methyl/N-ethyl adjacent to an activating group) is 1. The smallest absolute Gasteiger partial charge is 0.434 e. The van der Waals surface area contributed by atoms with Crippen molar-refractivity contribution in [1.82, 2.24) is 4.90 Å². The number of hydrogen-bond donors (Lipinski definition) is 0. The zero-order valence-corrected chi connectivity index (χ0v) is 14.4. The summed E-state index contributed by atoms with van der Waals surface area (Å²) in [7, 11) is 3.89. The largest absolute Gasteiger partial charge is 0.508 e. The van der Waals surface area contributed by atoms with Gasteiger partial charge in [-0.25, -0.2) is 4.79 Å². The standard InChI is InChI=1S/C17H35NO3/c1-4-5-6-7-8-9-10-11-12-13-15-20-17(19)21-16-14-18(2)3/h4-16H2,1-3H3. The number of nitrogens with zero attached hydrogens (tertiary/aromatic N) is 1. The number of carbonyl (C=O) groups is 1. The molecule has 0 spiro atoms. The van der Waals surface area contributed by atoms with Crippen LogP contribution in [0.2, 0.25) is 0 Å². The molecule has 0 aromatic heterocycles. The predicted molar refractivity (Wildman–Crippen MR) is 87.7 cm³/mol. The minimum Gasteiger partial charge on any atom is -0.434 e. The molecule has 0 rings (SSSR count). The van der Waals surface area contributed by atoms with Crippen LogP contribution in [0, 0.1) is 0 Å². The van der Waals surface area contributed by atoms with Crippen molar-refractivity contribution in [2.75, 3.05) is 33.9 Å². The maximum Gasteiger partial charge on any atom is 0.508 e. The second-order valence-electron chi connectivity index (χ2n) is 5.93. The van der Waals surface area contributed by atoms with Crippen molar-refractivity contribution in [2.24, 2.45) is 0 Å². The van der Waals surface area contributed by atoms with E-state index in [9.17, 15) is 4.79 Å². The van der Waals surface area contributed by atoms with E-state index >= 15 is 0 Å². The van der Waals surface area contributed by atoms with E-state index in [1.54, 1.807) is 0 Å². The van der Waals surface area contributed by atoms with Gasteiger partial charge in [-0.1, -0.05) is 64.7 Å². The van der Waals surface area contributed by atoms with Crippen molar-refractivity contribution < 1.29 is 14.3 Å². The Morgan fingerprint density at radius 2 is 1.24 bits per heavy atom. The molecular formula is C17H35NO3. The van der Waals surface area contributed by atoms with Crippen LogP contribution in [-0.4, -0.2) is 44.9 Å². The average Bonchev–Trinajstić information content (AvgIpc) is 2.44. The fraction of sp³-hybridized carbons (Fsp3) is 0.941. The summed E-state index contributed by atoms with van der Waals surface area (Å²) in [5.74, 6) is 0. The third-order valence-electron chi connectivity index (χ3n) is 3.48. The monoisotopic (exact) mass is 301 g/mol. The van der Waals surface area contributed by atoms with Gasteiger partial charge in [-0.2, -0.15) is 0 Å². The Morgan fingerprint density at radius 3 is 1.76 bits per heavy atom. The Morgan fingerprint density at radius 1 is 0.762 bits per heavy atom. The Bertz CT molecular complexity index is 232. The number of unbranched alkanes of at least 4 members (excludes halogenated alkanes) is 9. The summed E-state index contributed by atoms with van der Waals surface area (Å²) in [5.41, 5.74) is 0. The van der Waals surface area contributed by atoms with E-state index in [-0.39, 0.29) is 0 Å². The van der Waals surface area contributed by atoms with E-state index < -0.39 is 6.16 Å². The Balaban J connectivity index is 3.12. The Kier molecular flexibility index (Phi) is 15.0. The third-order valence-corrected chi connectivity index (χ3v) is 3.48. The molecule has 0 aromatic carbocycles. The van der Waals surface area contributed by atoms with Crippen molar-refractivity contribution in [3.63, 3.8) is 0 Å². The van der Waals surface area contributed by atoms with Crippen LogP contribution in [0.3, 0.4) is 0 Å². The summed E-state index contributed by atoms with van der Waals surface area (Å²) in [5, 5.41) is 0. The molecule has 0 amide bonds. The molecule has 21 heavy (non-hydrogen) atoms. The molecule has 0 aliphatic rings. The number of ether oxygens (including phenoxy) is 2. The number of carbonyl (C=O) groups excluding carboxylic acids is 1. The molecule has 0 unspecified atom stereocenters. The zero-order chi connectivity index (χ0) is 15.8. The van der Waals surface area contributed by atoms with Gasteiger partial charge in [-0.3, -0.25) is 0 Å². The molecule has 0 bridgehead atoms. The molecule has 0 atom stereocenters. The molecule has 4 heteroatoms. The van der Waals surface area contributed by atoms with Crippen LogP contribution >= 0.6 is 0 Å². The summed E-state index contributed by atoms with van der Waals surface area (Å²) >= 11 is 0. The first-order chi connectivity index (χ1) is 10.2. The number of hydrogen-bond acceptors (Lipinski definition) is 4. The van der Waals surface area contributed by atoms with Gasteiger partial charge in [-0.15, -0.1) is 0 Å². The predicted octanol–water partition coefficient (Wildman–Crippen LogP) is 4.62. The number of rotatable bonds is 14. The maximum atomic E-state index is 11.2. The first-order valence-corrected chi connectivity index (χ1v) is 8.61. The second kappa shape index (κ2) is 15.6. The van der Waals surface area contributed by atoms with E-state index in [0.29, 0.717) is 13.2 Å². The molecule has 0 N–H and O–H groups in total. The first-order valence-electron chi connectivity index (χ1n) is 8.61. The fourth-order valence-corrected chi connectivity index (χ4v) is 2.10. The normalized spacial score (nSPS) is 10.9. The van der Waals surface area contributed by atoms with Crippen molar-refractivity contribution in [1.29, 1.82) is 0 Å². The van der Waals surface area contributed by atoms with Crippen LogP contribution in [0.1, 0.15) is 71.1 Å². The van der Waals surface area contributed by atoms with Gasteiger partial charge in [0.25, 0.3) is 0 Å². The van der Waals surface area contributed by atoms with E-state index in [0.717, 1.165) is 19.4 Å². The zero-order valence-electron chi connectivity index (χ0n) is 14.4. The molecule has 126 valence electrons. The fourth-order valence-electron chi connectivity index (χ4n) is 2.10. The second-order valence-corrected chi connectivity index (χ2v) is 5.93. The van der Waals surface area contributed by atoms with Gasteiger partial charge in [0, 0.05) is 6.54 Å². The van der Waals surface area contributed by atoms with Gasteiger partial charge in [0.15, 0.2) is 0 Å². The lowest BCUT2D eigenvalue weighted by Crippen LogP contribution is -2.20. The van der Waals surface area contributed by atoms with Gasteiger partial charge < -0.3 is 14.4 Å². The minimum absolute atomic E-state index is 0.393. The van der Waals surface area contributed by atoms with Crippen LogP contribution in [0.5, 0.6) is 0 Å². The van der Waals surface area contributed by atoms with Crippen LogP contribution < -0.4 is 0 Å². The van der Waals surface area contributed by atoms with Crippen LogP contribution in [0.4, 0.5) is 4.79 Å². The molecule has 0 radical (unpaired) electrons. The van der Waals surface area contributed by atoms with E-state index in [4.69, 9.17) is 9.47 Å². The van der Waals surface area contributed by atoms with E-state index in [1.165, 1.54) is 51.4 Å². The van der Waals surface area contributed by atoms with Gasteiger partial charge in [0.1, 0.15) is 6.61 Å². The molecular weight excluding hydrogens is 266 g/mol. The molecule has 0 heterocycles. The van der Waals surface area contributed by atoms with E-state index in [1.807, 2.05) is 19.0 Å². The summed E-state index contributed by atoms with van der Waals surface area (Å²) in [6, 6.07) is 0. The van der Waals surface area contributed by atoms with Gasteiger partial charge in [0.05, 0.1) is 6.61 Å². The SMILES string of the molecule is CCCCCCCCCCCCOC(=O)OCCN(C)C. The van der Waals surface area contributed by atoms with E-state index in [2.05, 4.69) is 6.92 Å². The third kappa shape index (κ3) is 17.2. The maximum absolute atomic E-state index is 11.2. The molecule has 0 aliphatic carbocycles. The summed E-state index contributed by atoms with van der Waals surface area (Å²) in [4.78, 5) is 13.2. The molecule has 4 nitrogen and oxygen atoms in total. The summed E-state index contributed by atoms with van der Waals surface area (Å²) < 4.78 is 9.96. The summed E-state index contributed by atoms with van der Waals surface area (Å²) in [6.45, 7) is 3.86. The Hall–Kier alpha value is -0.770. The lowest BCUT2D eigenvalue weighted by molar-refractivity contribution is 0.0502. The van der Waals surface area contributed by atoms with Crippen LogP contribution in [-0.2, 0) is 9.47 Å². The Labute approximate surface area is 131 Å². The van der Waals surface area contributed by atoms with Crippen molar-refractivity contribution in [2.45, 2.75) is 71.1 Å². The topological polar surface area (TPSA) is 38.8 Å². The van der Waals surface area contributed by atoms with Gasteiger partial charge in [-0.05, 0) is 20.5 Å². The average molecular weight is 301 g/mol. The lowest BCUT2D eigenvalue weighted by atomic mass is 10.1. The molecule has 0 saturated heterocycles. The highest BCUT2D eigenvalue weighted by Gasteiger charge is 2.03. The molecule has 0 saturated carbocycles. The molecule has 0 fully saturated rings. The van der Waals surface area contributed by atoms with Gasteiger partial charge in [0.2, 0.25) is 0 Å². The van der Waals surface area contributed by atoms with Crippen molar-refractivity contribution >= 4 is 6.16 Å². The minimum atomic E-state index is -0.534. The summed E-state index contributed by atoms with van der Waals surface area (Å²) in [6.07, 6.45) is 12.3. The lowest BCUT2D eigenvalue weighted by Gasteiger charge is -2.10. The quantitative estimate of drug-likeness (QED) is 0.346. The van der Waals surface area contributed by atoms with Gasteiger partial charge >= 0.3 is 6.16 Å².